The number of anilines is 2. The fourth-order valence-electron chi connectivity index (χ4n) is 1.13. The molecule has 0 spiro atoms. The summed E-state index contributed by atoms with van der Waals surface area (Å²) in [6, 6.07) is 3.61. The Morgan fingerprint density at radius 2 is 2.23 bits per heavy atom. The molecule has 4 nitrogen and oxygen atoms in total. The van der Waals surface area contributed by atoms with Crippen molar-refractivity contribution in [2.45, 2.75) is 19.8 Å². The summed E-state index contributed by atoms with van der Waals surface area (Å²) in [5.74, 6) is 1.27. The Labute approximate surface area is 77.5 Å². The van der Waals surface area contributed by atoms with Crippen molar-refractivity contribution in [3.63, 3.8) is 0 Å². The second kappa shape index (κ2) is 2.87. The van der Waals surface area contributed by atoms with Gasteiger partial charge in [-0.1, -0.05) is 6.92 Å². The predicted octanol–water partition coefficient (Wildman–Crippen LogP) is 1.27. The van der Waals surface area contributed by atoms with Crippen molar-refractivity contribution in [1.29, 1.82) is 0 Å². The minimum atomic E-state index is 0.461. The molecule has 1 aromatic heterocycles. The van der Waals surface area contributed by atoms with Gasteiger partial charge in [0.25, 0.3) is 0 Å². The second-order valence-corrected chi connectivity index (χ2v) is 4.01. The minimum Gasteiger partial charge on any atom is -0.382 e. The molecule has 0 aliphatic heterocycles. The summed E-state index contributed by atoms with van der Waals surface area (Å²) >= 11 is 0. The predicted molar refractivity (Wildman–Crippen MR) is 52.3 cm³/mol. The van der Waals surface area contributed by atoms with Crippen LogP contribution in [0.3, 0.4) is 0 Å². The van der Waals surface area contributed by atoms with E-state index in [4.69, 9.17) is 5.73 Å². The maximum Gasteiger partial charge on any atom is 0.148 e. The Balaban J connectivity index is 1.91. The lowest BCUT2D eigenvalue weighted by Crippen LogP contribution is -2.13. The highest BCUT2D eigenvalue weighted by Crippen LogP contribution is 2.44. The fraction of sp³-hybridized carbons (Fsp3) is 0.556. The van der Waals surface area contributed by atoms with Crippen molar-refractivity contribution >= 4 is 11.6 Å². The van der Waals surface area contributed by atoms with Gasteiger partial charge in [-0.25, -0.2) is 0 Å². The smallest absolute Gasteiger partial charge is 0.148 e. The zero-order valence-electron chi connectivity index (χ0n) is 7.75. The van der Waals surface area contributed by atoms with Gasteiger partial charge in [0, 0.05) is 6.54 Å². The average molecular weight is 178 g/mol. The summed E-state index contributed by atoms with van der Waals surface area (Å²) in [7, 11) is 0. The molecule has 70 valence electrons. The summed E-state index contributed by atoms with van der Waals surface area (Å²) in [6.07, 6.45) is 2.62. The molecular weight excluding hydrogens is 164 g/mol. The van der Waals surface area contributed by atoms with E-state index in [1.54, 1.807) is 6.07 Å². The third-order valence-electron chi connectivity index (χ3n) is 2.49. The third-order valence-corrected chi connectivity index (χ3v) is 2.49. The van der Waals surface area contributed by atoms with Crippen LogP contribution in [0, 0.1) is 5.41 Å². The van der Waals surface area contributed by atoms with Gasteiger partial charge in [0.15, 0.2) is 0 Å². The molecular formula is C9H14N4. The number of aromatic nitrogens is 2. The van der Waals surface area contributed by atoms with E-state index in [0.717, 1.165) is 12.4 Å². The first-order valence-corrected chi connectivity index (χ1v) is 4.51. The van der Waals surface area contributed by atoms with E-state index in [1.807, 2.05) is 6.07 Å². The van der Waals surface area contributed by atoms with Crippen molar-refractivity contribution < 1.29 is 0 Å². The molecule has 1 aliphatic rings. The normalized spacial score (nSPS) is 18.2. The lowest BCUT2D eigenvalue weighted by molar-refractivity contribution is 0.608. The molecule has 13 heavy (non-hydrogen) atoms. The van der Waals surface area contributed by atoms with Gasteiger partial charge in [-0.3, -0.25) is 0 Å². The molecule has 4 heteroatoms. The quantitative estimate of drug-likeness (QED) is 0.731. The third kappa shape index (κ3) is 2.08. The van der Waals surface area contributed by atoms with E-state index >= 15 is 0 Å². The molecule has 1 aliphatic carbocycles. The first-order valence-electron chi connectivity index (χ1n) is 4.51. The molecule has 3 N–H and O–H groups in total. The van der Waals surface area contributed by atoms with Crippen molar-refractivity contribution in [2.75, 3.05) is 17.6 Å². The van der Waals surface area contributed by atoms with Crippen LogP contribution in [0.25, 0.3) is 0 Å². The molecule has 0 atom stereocenters. The Morgan fingerprint density at radius 3 is 2.77 bits per heavy atom. The Kier molecular flexibility index (Phi) is 1.83. The fourth-order valence-corrected chi connectivity index (χ4v) is 1.13. The van der Waals surface area contributed by atoms with Crippen molar-refractivity contribution in [3.05, 3.63) is 12.1 Å². The molecule has 1 saturated carbocycles. The van der Waals surface area contributed by atoms with Crippen LogP contribution in [0.1, 0.15) is 19.8 Å². The number of hydrogen-bond donors (Lipinski definition) is 2. The van der Waals surface area contributed by atoms with Gasteiger partial charge in [-0.15, -0.1) is 10.2 Å². The highest BCUT2D eigenvalue weighted by molar-refractivity contribution is 5.38. The van der Waals surface area contributed by atoms with E-state index in [0.29, 0.717) is 11.2 Å². The largest absolute Gasteiger partial charge is 0.382 e. The monoisotopic (exact) mass is 178 g/mol. The average Bonchev–Trinajstić information content (AvgIpc) is 2.84. The van der Waals surface area contributed by atoms with Crippen molar-refractivity contribution in [3.8, 4) is 0 Å². The maximum absolute atomic E-state index is 5.42. The number of nitrogen functional groups attached to an aromatic ring is 1. The molecule has 0 aromatic carbocycles. The number of nitrogens with two attached hydrogens (primary N) is 1. The van der Waals surface area contributed by atoms with Crippen LogP contribution in [-0.2, 0) is 0 Å². The van der Waals surface area contributed by atoms with Gasteiger partial charge in [0.1, 0.15) is 11.6 Å². The van der Waals surface area contributed by atoms with E-state index in [9.17, 15) is 0 Å². The zero-order valence-corrected chi connectivity index (χ0v) is 7.75. The van der Waals surface area contributed by atoms with Gasteiger partial charge >= 0.3 is 0 Å². The van der Waals surface area contributed by atoms with Gasteiger partial charge in [-0.05, 0) is 30.4 Å². The molecule has 0 bridgehead atoms. The minimum absolute atomic E-state index is 0.461. The van der Waals surface area contributed by atoms with Crippen LogP contribution in [0.2, 0.25) is 0 Å². The van der Waals surface area contributed by atoms with Gasteiger partial charge in [0.2, 0.25) is 0 Å². The van der Waals surface area contributed by atoms with Gasteiger partial charge in [0.05, 0.1) is 0 Å². The number of nitrogens with zero attached hydrogens (tertiary/aromatic N) is 2. The van der Waals surface area contributed by atoms with E-state index in [1.165, 1.54) is 12.8 Å². The summed E-state index contributed by atoms with van der Waals surface area (Å²) < 4.78 is 0. The molecule has 0 amide bonds. The molecule has 1 aromatic rings. The van der Waals surface area contributed by atoms with Crippen LogP contribution in [0.15, 0.2) is 12.1 Å². The van der Waals surface area contributed by atoms with E-state index < -0.39 is 0 Å². The second-order valence-electron chi connectivity index (χ2n) is 4.01. The highest BCUT2D eigenvalue weighted by atomic mass is 15.2. The molecule has 0 saturated heterocycles. The van der Waals surface area contributed by atoms with Crippen molar-refractivity contribution in [1.82, 2.24) is 10.2 Å². The molecule has 1 fully saturated rings. The topological polar surface area (TPSA) is 63.8 Å². The summed E-state index contributed by atoms with van der Waals surface area (Å²) in [5.41, 5.74) is 5.91. The van der Waals surface area contributed by atoms with E-state index in [-0.39, 0.29) is 0 Å². The summed E-state index contributed by atoms with van der Waals surface area (Å²) in [5, 5.41) is 10.9. The van der Waals surface area contributed by atoms with Crippen LogP contribution < -0.4 is 11.1 Å². The molecule has 2 rings (SSSR count). The number of hydrogen-bond acceptors (Lipinski definition) is 4. The lowest BCUT2D eigenvalue weighted by Gasteiger charge is -2.09. The van der Waals surface area contributed by atoms with E-state index in [2.05, 4.69) is 22.4 Å². The Hall–Kier alpha value is -1.32. The zero-order chi connectivity index (χ0) is 9.31. The van der Waals surface area contributed by atoms with Gasteiger partial charge in [-0.2, -0.15) is 0 Å². The molecule has 0 unspecified atom stereocenters. The summed E-state index contributed by atoms with van der Waals surface area (Å²) in [4.78, 5) is 0. The molecule has 1 heterocycles. The highest BCUT2D eigenvalue weighted by Gasteiger charge is 2.36. The number of nitrogens with one attached hydrogen (secondary N) is 1. The first-order chi connectivity index (χ1) is 6.18. The first kappa shape index (κ1) is 8.29. The SMILES string of the molecule is CC1(CNc2ccc(N)nn2)CC1. The Bertz CT molecular complexity index is 289. The van der Waals surface area contributed by atoms with Crippen LogP contribution in [0.4, 0.5) is 11.6 Å². The summed E-state index contributed by atoms with van der Waals surface area (Å²) in [6.45, 7) is 3.25. The van der Waals surface area contributed by atoms with Gasteiger partial charge < -0.3 is 11.1 Å². The van der Waals surface area contributed by atoms with Crippen LogP contribution in [0.5, 0.6) is 0 Å². The van der Waals surface area contributed by atoms with Crippen LogP contribution >= 0.6 is 0 Å². The van der Waals surface area contributed by atoms with Crippen molar-refractivity contribution in [2.24, 2.45) is 5.41 Å². The maximum atomic E-state index is 5.42. The van der Waals surface area contributed by atoms with Crippen LogP contribution in [-0.4, -0.2) is 16.7 Å². The number of rotatable bonds is 3. The Morgan fingerprint density at radius 1 is 1.46 bits per heavy atom. The standard InChI is InChI=1S/C9H14N4/c1-9(4-5-9)6-11-8-3-2-7(10)12-13-8/h2-3H,4-6H2,1H3,(H2,10,12)(H,11,13). The lowest BCUT2D eigenvalue weighted by atomic mass is 10.1. The molecule has 0 radical (unpaired) electrons.